The summed E-state index contributed by atoms with van der Waals surface area (Å²) in [6, 6.07) is 8.55. The molecular formula is C17H24FIN4O. The van der Waals surface area contributed by atoms with E-state index in [2.05, 4.69) is 20.8 Å². The van der Waals surface area contributed by atoms with Crippen LogP contribution in [0.15, 0.2) is 39.8 Å². The van der Waals surface area contributed by atoms with E-state index in [1.165, 1.54) is 6.07 Å². The molecule has 0 aliphatic rings. The van der Waals surface area contributed by atoms with E-state index in [1.807, 2.05) is 26.0 Å². The molecule has 0 aliphatic heterocycles. The minimum atomic E-state index is -0.208. The lowest BCUT2D eigenvalue weighted by atomic mass is 10.1. The molecule has 0 unspecified atom stereocenters. The Morgan fingerprint density at radius 1 is 1.25 bits per heavy atom. The topological polar surface area (TPSA) is 62.5 Å². The van der Waals surface area contributed by atoms with Crippen molar-refractivity contribution >= 4 is 29.9 Å². The van der Waals surface area contributed by atoms with Gasteiger partial charge >= 0.3 is 0 Å². The van der Waals surface area contributed by atoms with Gasteiger partial charge in [0, 0.05) is 19.2 Å². The number of nitrogens with one attached hydrogen (secondary N) is 2. The number of benzene rings is 1. The molecule has 24 heavy (non-hydrogen) atoms. The first kappa shape index (κ1) is 20.4. The van der Waals surface area contributed by atoms with E-state index in [0.29, 0.717) is 19.0 Å². The third-order valence-electron chi connectivity index (χ3n) is 3.30. The van der Waals surface area contributed by atoms with Crippen LogP contribution in [0, 0.1) is 5.82 Å². The van der Waals surface area contributed by atoms with E-state index < -0.39 is 0 Å². The van der Waals surface area contributed by atoms with Gasteiger partial charge in [0.15, 0.2) is 11.7 Å². The van der Waals surface area contributed by atoms with Crippen LogP contribution < -0.4 is 10.6 Å². The second-order valence-corrected chi connectivity index (χ2v) is 5.14. The predicted octanol–water partition coefficient (Wildman–Crippen LogP) is 3.29. The molecule has 0 radical (unpaired) electrons. The van der Waals surface area contributed by atoms with E-state index in [4.69, 9.17) is 4.52 Å². The maximum absolute atomic E-state index is 13.1. The standard InChI is InChI=1S/C17H23FN4O.HI/c1-3-15-11-16(23-22-15)12-21-17(19-4-2)20-9-8-13-6-5-7-14(18)10-13;/h5-7,10-11H,3-4,8-9,12H2,1-2H3,(H2,19,20,21);1H. The van der Waals surface area contributed by atoms with Crippen LogP contribution in [0.3, 0.4) is 0 Å². The molecule has 0 fully saturated rings. The van der Waals surface area contributed by atoms with Crippen molar-refractivity contribution in [1.29, 1.82) is 0 Å². The van der Waals surface area contributed by atoms with Crippen molar-refractivity contribution in [3.63, 3.8) is 0 Å². The van der Waals surface area contributed by atoms with Gasteiger partial charge in [0.2, 0.25) is 0 Å². The van der Waals surface area contributed by atoms with Crippen molar-refractivity contribution < 1.29 is 8.91 Å². The first-order chi connectivity index (χ1) is 11.2. The maximum Gasteiger partial charge on any atom is 0.191 e. The molecule has 0 saturated heterocycles. The molecule has 2 N–H and O–H groups in total. The second-order valence-electron chi connectivity index (χ2n) is 5.14. The number of hydrogen-bond donors (Lipinski definition) is 2. The SMILES string of the molecule is CCNC(=NCc1cc(CC)no1)NCCc1cccc(F)c1.I. The highest BCUT2D eigenvalue weighted by Crippen LogP contribution is 2.06. The number of guanidine groups is 1. The normalized spacial score (nSPS) is 11.0. The molecule has 1 aromatic carbocycles. The van der Waals surface area contributed by atoms with Gasteiger partial charge in [-0.25, -0.2) is 9.38 Å². The molecule has 7 heteroatoms. The first-order valence-corrected chi connectivity index (χ1v) is 7.92. The number of halogens is 2. The summed E-state index contributed by atoms with van der Waals surface area (Å²) in [6.45, 7) is 5.91. The third-order valence-corrected chi connectivity index (χ3v) is 3.30. The Hall–Kier alpha value is -1.64. The highest BCUT2D eigenvalue weighted by atomic mass is 127. The molecule has 0 atom stereocenters. The van der Waals surface area contributed by atoms with Crippen molar-refractivity contribution in [3.05, 3.63) is 53.2 Å². The van der Waals surface area contributed by atoms with Gasteiger partial charge in [0.05, 0.1) is 5.69 Å². The van der Waals surface area contributed by atoms with Crippen LogP contribution in [0.1, 0.15) is 30.9 Å². The molecule has 2 rings (SSSR count). The average molecular weight is 446 g/mol. The van der Waals surface area contributed by atoms with E-state index >= 15 is 0 Å². The second kappa shape index (κ2) is 11.0. The highest BCUT2D eigenvalue weighted by molar-refractivity contribution is 14.0. The van der Waals surface area contributed by atoms with Crippen molar-refractivity contribution in [2.45, 2.75) is 33.2 Å². The van der Waals surface area contributed by atoms with Gasteiger partial charge in [0.1, 0.15) is 12.4 Å². The lowest BCUT2D eigenvalue weighted by Gasteiger charge is -2.10. The van der Waals surface area contributed by atoms with E-state index in [-0.39, 0.29) is 29.8 Å². The van der Waals surface area contributed by atoms with Gasteiger partial charge in [-0.15, -0.1) is 24.0 Å². The summed E-state index contributed by atoms with van der Waals surface area (Å²) in [5.41, 5.74) is 1.88. The zero-order valence-corrected chi connectivity index (χ0v) is 16.3. The Labute approximate surface area is 159 Å². The van der Waals surface area contributed by atoms with E-state index in [9.17, 15) is 4.39 Å². The van der Waals surface area contributed by atoms with Crippen LogP contribution >= 0.6 is 24.0 Å². The Morgan fingerprint density at radius 3 is 2.75 bits per heavy atom. The number of aliphatic imine (C=N–C) groups is 1. The number of rotatable bonds is 7. The van der Waals surface area contributed by atoms with Gasteiger partial charge in [-0.2, -0.15) is 0 Å². The zero-order chi connectivity index (χ0) is 16.5. The van der Waals surface area contributed by atoms with Crippen molar-refractivity contribution in [1.82, 2.24) is 15.8 Å². The lowest BCUT2D eigenvalue weighted by Crippen LogP contribution is -2.38. The highest BCUT2D eigenvalue weighted by Gasteiger charge is 2.03. The van der Waals surface area contributed by atoms with Crippen LogP contribution in [0.2, 0.25) is 0 Å². The van der Waals surface area contributed by atoms with Crippen LogP contribution in [-0.4, -0.2) is 24.2 Å². The number of hydrogen-bond acceptors (Lipinski definition) is 3. The fraction of sp³-hybridized carbons (Fsp3) is 0.412. The summed E-state index contributed by atoms with van der Waals surface area (Å²) >= 11 is 0. The molecule has 0 aliphatic carbocycles. The Balaban J connectivity index is 0.00000288. The molecule has 2 aromatic rings. The summed E-state index contributed by atoms with van der Waals surface area (Å²) in [7, 11) is 0. The van der Waals surface area contributed by atoms with Gasteiger partial charge in [-0.05, 0) is 37.5 Å². The molecule has 0 spiro atoms. The summed E-state index contributed by atoms with van der Waals surface area (Å²) < 4.78 is 18.4. The average Bonchev–Trinajstić information content (AvgIpc) is 3.01. The maximum atomic E-state index is 13.1. The molecule has 5 nitrogen and oxygen atoms in total. The van der Waals surface area contributed by atoms with Crippen LogP contribution in [0.5, 0.6) is 0 Å². The van der Waals surface area contributed by atoms with Gasteiger partial charge < -0.3 is 15.2 Å². The van der Waals surface area contributed by atoms with Crippen LogP contribution in [-0.2, 0) is 19.4 Å². The molecule has 1 heterocycles. The fourth-order valence-corrected chi connectivity index (χ4v) is 2.11. The van der Waals surface area contributed by atoms with Crippen molar-refractivity contribution in [2.24, 2.45) is 4.99 Å². The zero-order valence-electron chi connectivity index (χ0n) is 14.0. The molecule has 132 valence electrons. The molecule has 0 saturated carbocycles. The van der Waals surface area contributed by atoms with E-state index in [1.54, 1.807) is 12.1 Å². The molecule has 0 bridgehead atoms. The summed E-state index contributed by atoms with van der Waals surface area (Å²) in [5, 5.41) is 10.4. The van der Waals surface area contributed by atoms with Crippen LogP contribution in [0.25, 0.3) is 0 Å². The smallest absolute Gasteiger partial charge is 0.191 e. The third kappa shape index (κ3) is 6.86. The summed E-state index contributed by atoms with van der Waals surface area (Å²) in [5.74, 6) is 1.24. The van der Waals surface area contributed by atoms with Gasteiger partial charge in [0.25, 0.3) is 0 Å². The molecule has 0 amide bonds. The number of nitrogens with zero attached hydrogens (tertiary/aromatic N) is 2. The monoisotopic (exact) mass is 446 g/mol. The summed E-state index contributed by atoms with van der Waals surface area (Å²) in [4.78, 5) is 4.47. The largest absolute Gasteiger partial charge is 0.359 e. The van der Waals surface area contributed by atoms with E-state index in [0.717, 1.165) is 36.4 Å². The lowest BCUT2D eigenvalue weighted by molar-refractivity contribution is 0.379. The quantitative estimate of drug-likeness (QED) is 0.390. The fourth-order valence-electron chi connectivity index (χ4n) is 2.11. The Morgan fingerprint density at radius 2 is 2.08 bits per heavy atom. The first-order valence-electron chi connectivity index (χ1n) is 7.92. The minimum absolute atomic E-state index is 0. The van der Waals surface area contributed by atoms with Gasteiger partial charge in [-0.1, -0.05) is 24.2 Å². The van der Waals surface area contributed by atoms with Crippen molar-refractivity contribution in [2.75, 3.05) is 13.1 Å². The minimum Gasteiger partial charge on any atom is -0.359 e. The van der Waals surface area contributed by atoms with Crippen LogP contribution in [0.4, 0.5) is 4.39 Å². The number of aryl methyl sites for hydroxylation is 1. The Bertz CT molecular complexity index is 645. The van der Waals surface area contributed by atoms with Crippen molar-refractivity contribution in [3.8, 4) is 0 Å². The number of aromatic nitrogens is 1. The summed E-state index contributed by atoms with van der Waals surface area (Å²) in [6.07, 6.45) is 1.57. The van der Waals surface area contributed by atoms with Gasteiger partial charge in [-0.3, -0.25) is 0 Å². The predicted molar refractivity (Wildman–Crippen MR) is 104 cm³/mol. The Kier molecular flexibility index (Phi) is 9.36. The molecular weight excluding hydrogens is 422 g/mol. The molecule has 1 aromatic heterocycles.